The highest BCUT2D eigenvalue weighted by atomic mass is 32.2. The summed E-state index contributed by atoms with van der Waals surface area (Å²) < 4.78 is 5.38. The van der Waals surface area contributed by atoms with E-state index in [1.54, 1.807) is 54.6 Å². The predicted octanol–water partition coefficient (Wildman–Crippen LogP) is 5.36. The van der Waals surface area contributed by atoms with Crippen LogP contribution in [0.15, 0.2) is 77.7 Å². The van der Waals surface area contributed by atoms with Crippen molar-refractivity contribution in [1.29, 1.82) is 0 Å². The van der Waals surface area contributed by atoms with Crippen molar-refractivity contribution in [2.75, 3.05) is 0 Å². The number of thioether (sulfide) groups is 1. The molecule has 3 aromatic rings. The molecular formula is C25H18N2O6S. The van der Waals surface area contributed by atoms with Crippen molar-refractivity contribution in [3.05, 3.63) is 110 Å². The van der Waals surface area contributed by atoms with E-state index in [9.17, 15) is 24.5 Å². The molecule has 1 fully saturated rings. The standard InChI is InChI=1S/C25H18N2O6S/c1-16-5-4-7-18(13-16)24(29)33-20-11-9-17(10-12-20)14-22-23(28)26(25(30)34-22)15-19-6-2-3-8-21(19)27(31)32/h2-14H,15H2,1H3/b22-14-. The van der Waals surface area contributed by atoms with Gasteiger partial charge in [0.15, 0.2) is 0 Å². The van der Waals surface area contributed by atoms with Crippen LogP contribution < -0.4 is 4.74 Å². The molecule has 1 aliphatic heterocycles. The molecular weight excluding hydrogens is 456 g/mol. The molecule has 4 rings (SSSR count). The third-order valence-electron chi connectivity index (χ3n) is 5.03. The van der Waals surface area contributed by atoms with E-state index in [-0.39, 0.29) is 22.7 Å². The fourth-order valence-electron chi connectivity index (χ4n) is 3.35. The molecule has 34 heavy (non-hydrogen) atoms. The number of nitrogens with zero attached hydrogens (tertiary/aromatic N) is 2. The van der Waals surface area contributed by atoms with Crippen LogP contribution in [0.1, 0.15) is 27.0 Å². The molecule has 0 atom stereocenters. The Morgan fingerprint density at radius 1 is 1.06 bits per heavy atom. The molecule has 0 bridgehead atoms. The highest BCUT2D eigenvalue weighted by Crippen LogP contribution is 2.34. The summed E-state index contributed by atoms with van der Waals surface area (Å²) >= 11 is 0.767. The average molecular weight is 474 g/mol. The van der Waals surface area contributed by atoms with E-state index in [0.29, 0.717) is 16.9 Å². The maximum atomic E-state index is 12.8. The van der Waals surface area contributed by atoms with E-state index in [1.165, 1.54) is 18.2 Å². The van der Waals surface area contributed by atoms with Crippen molar-refractivity contribution in [3.63, 3.8) is 0 Å². The number of hydrogen-bond acceptors (Lipinski definition) is 7. The van der Waals surface area contributed by atoms with Crippen molar-refractivity contribution in [2.45, 2.75) is 13.5 Å². The van der Waals surface area contributed by atoms with Gasteiger partial charge in [-0.1, -0.05) is 48.0 Å². The number of aryl methyl sites for hydroxylation is 1. The largest absolute Gasteiger partial charge is 0.423 e. The van der Waals surface area contributed by atoms with Gasteiger partial charge in [0.2, 0.25) is 0 Å². The lowest BCUT2D eigenvalue weighted by Crippen LogP contribution is -2.27. The normalized spacial score (nSPS) is 14.5. The number of imide groups is 1. The highest BCUT2D eigenvalue weighted by Gasteiger charge is 2.36. The molecule has 170 valence electrons. The Labute approximate surface area is 199 Å². The quantitative estimate of drug-likeness (QED) is 0.156. The summed E-state index contributed by atoms with van der Waals surface area (Å²) in [6.45, 7) is 1.70. The second-order valence-corrected chi connectivity index (χ2v) is 8.47. The minimum Gasteiger partial charge on any atom is -0.423 e. The molecule has 2 amide bonds. The Kier molecular flexibility index (Phi) is 6.55. The van der Waals surface area contributed by atoms with Crippen LogP contribution in [-0.4, -0.2) is 26.9 Å². The van der Waals surface area contributed by atoms with Gasteiger partial charge in [-0.15, -0.1) is 0 Å². The molecule has 0 spiro atoms. The summed E-state index contributed by atoms with van der Waals surface area (Å²) in [5, 5.41) is 10.7. The van der Waals surface area contributed by atoms with Gasteiger partial charge in [-0.05, 0) is 54.6 Å². The Morgan fingerprint density at radius 2 is 1.79 bits per heavy atom. The van der Waals surface area contributed by atoms with Crippen molar-refractivity contribution in [1.82, 2.24) is 4.90 Å². The average Bonchev–Trinajstić information content (AvgIpc) is 3.08. The maximum Gasteiger partial charge on any atom is 0.343 e. The maximum absolute atomic E-state index is 12.8. The number of hydrogen-bond donors (Lipinski definition) is 0. The Balaban J connectivity index is 1.46. The molecule has 0 saturated carbocycles. The first kappa shape index (κ1) is 22.9. The minimum atomic E-state index is -0.544. The Morgan fingerprint density at radius 3 is 2.50 bits per heavy atom. The smallest absolute Gasteiger partial charge is 0.343 e. The van der Waals surface area contributed by atoms with E-state index in [1.807, 2.05) is 13.0 Å². The predicted molar refractivity (Wildman–Crippen MR) is 127 cm³/mol. The van der Waals surface area contributed by atoms with Crippen LogP contribution in [0.25, 0.3) is 6.08 Å². The first-order chi connectivity index (χ1) is 16.3. The van der Waals surface area contributed by atoms with E-state index >= 15 is 0 Å². The van der Waals surface area contributed by atoms with Gasteiger partial charge in [0, 0.05) is 11.6 Å². The molecule has 8 nitrogen and oxygen atoms in total. The molecule has 1 saturated heterocycles. The van der Waals surface area contributed by atoms with Gasteiger partial charge in [0.25, 0.3) is 16.8 Å². The number of rotatable bonds is 6. The van der Waals surface area contributed by atoms with Crippen LogP contribution in [0, 0.1) is 17.0 Å². The third kappa shape index (κ3) is 5.05. The molecule has 1 heterocycles. The summed E-state index contributed by atoms with van der Waals surface area (Å²) in [4.78, 5) is 49.3. The van der Waals surface area contributed by atoms with E-state index in [0.717, 1.165) is 22.2 Å². The zero-order valence-electron chi connectivity index (χ0n) is 18.0. The zero-order chi connectivity index (χ0) is 24.2. The van der Waals surface area contributed by atoms with Crippen molar-refractivity contribution < 1.29 is 24.0 Å². The van der Waals surface area contributed by atoms with Gasteiger partial charge in [0.1, 0.15) is 5.75 Å². The van der Waals surface area contributed by atoms with E-state index in [2.05, 4.69) is 0 Å². The fraction of sp³-hybridized carbons (Fsp3) is 0.0800. The summed E-state index contributed by atoms with van der Waals surface area (Å²) in [6.07, 6.45) is 1.55. The van der Waals surface area contributed by atoms with Crippen molar-refractivity contribution in [2.24, 2.45) is 0 Å². The summed E-state index contributed by atoms with van der Waals surface area (Å²) in [6, 6.07) is 19.6. The third-order valence-corrected chi connectivity index (χ3v) is 5.94. The molecule has 0 radical (unpaired) electrons. The van der Waals surface area contributed by atoms with Crippen molar-refractivity contribution >= 4 is 40.6 Å². The SMILES string of the molecule is Cc1cccc(C(=O)Oc2ccc(/C=C3\SC(=O)N(Cc4ccccc4[N+](=O)[O-])C3=O)cc2)c1. The monoisotopic (exact) mass is 474 g/mol. The fourth-order valence-corrected chi connectivity index (χ4v) is 4.19. The molecule has 0 aliphatic carbocycles. The van der Waals surface area contributed by atoms with Gasteiger partial charge >= 0.3 is 5.97 Å². The van der Waals surface area contributed by atoms with Crippen LogP contribution in [0.2, 0.25) is 0 Å². The number of ether oxygens (including phenoxy) is 1. The molecule has 0 unspecified atom stereocenters. The number of nitro benzene ring substituents is 1. The number of amides is 2. The molecule has 0 aromatic heterocycles. The van der Waals surface area contributed by atoms with Gasteiger partial charge in [-0.3, -0.25) is 24.6 Å². The first-order valence-electron chi connectivity index (χ1n) is 10.2. The molecule has 0 N–H and O–H groups in total. The Hall–Kier alpha value is -4.24. The van der Waals surface area contributed by atoms with Gasteiger partial charge in [-0.25, -0.2) is 4.79 Å². The summed E-state index contributed by atoms with van der Waals surface area (Å²) in [5.74, 6) is -0.663. The number of esters is 1. The van der Waals surface area contributed by atoms with Crippen LogP contribution in [0.3, 0.4) is 0 Å². The summed E-state index contributed by atoms with van der Waals surface area (Å²) in [5.41, 5.74) is 2.14. The second kappa shape index (κ2) is 9.72. The number of carbonyl (C=O) groups is 3. The topological polar surface area (TPSA) is 107 Å². The molecule has 1 aliphatic rings. The lowest BCUT2D eigenvalue weighted by atomic mass is 10.1. The lowest BCUT2D eigenvalue weighted by molar-refractivity contribution is -0.385. The minimum absolute atomic E-state index is 0.152. The lowest BCUT2D eigenvalue weighted by Gasteiger charge is -2.12. The van der Waals surface area contributed by atoms with Gasteiger partial charge in [0.05, 0.1) is 21.9 Å². The van der Waals surface area contributed by atoms with E-state index < -0.39 is 22.0 Å². The van der Waals surface area contributed by atoms with Crippen LogP contribution >= 0.6 is 11.8 Å². The molecule has 9 heteroatoms. The zero-order valence-corrected chi connectivity index (χ0v) is 18.8. The first-order valence-corrected chi connectivity index (χ1v) is 11.0. The second-order valence-electron chi connectivity index (χ2n) is 7.48. The van der Waals surface area contributed by atoms with Gasteiger partial charge < -0.3 is 4.74 Å². The Bertz CT molecular complexity index is 1330. The number of nitro groups is 1. The number of carbonyl (C=O) groups excluding carboxylic acids is 3. The molecule has 3 aromatic carbocycles. The van der Waals surface area contributed by atoms with Gasteiger partial charge in [-0.2, -0.15) is 0 Å². The summed E-state index contributed by atoms with van der Waals surface area (Å²) in [7, 11) is 0. The number of benzene rings is 3. The van der Waals surface area contributed by atoms with Crippen LogP contribution in [0.4, 0.5) is 10.5 Å². The highest BCUT2D eigenvalue weighted by molar-refractivity contribution is 8.18. The van der Waals surface area contributed by atoms with Crippen LogP contribution in [-0.2, 0) is 11.3 Å². The number of para-hydroxylation sites is 1. The van der Waals surface area contributed by atoms with E-state index in [4.69, 9.17) is 4.74 Å². The van der Waals surface area contributed by atoms with Crippen molar-refractivity contribution in [3.8, 4) is 5.75 Å². The van der Waals surface area contributed by atoms with Crippen LogP contribution in [0.5, 0.6) is 5.75 Å².